The Morgan fingerprint density at radius 3 is 2.58 bits per heavy atom. The maximum Gasteiger partial charge on any atom is 0.329 e. The Morgan fingerprint density at radius 2 is 1.87 bits per heavy atom. The van der Waals surface area contributed by atoms with Gasteiger partial charge in [-0.2, -0.15) is 11.8 Å². The maximum absolute atomic E-state index is 12.7. The van der Waals surface area contributed by atoms with Crippen molar-refractivity contribution in [3.63, 3.8) is 0 Å². The van der Waals surface area contributed by atoms with Crippen LogP contribution < -0.4 is 5.32 Å². The minimum absolute atomic E-state index is 0.286. The van der Waals surface area contributed by atoms with E-state index in [1.807, 2.05) is 30.5 Å². The second-order valence-electron chi connectivity index (χ2n) is 7.10. The number of para-hydroxylation sites is 1. The number of Topliss-reactive ketones (excluding diaryl/α,β-unsaturated/α-hetero) is 1. The molecule has 162 valence electrons. The van der Waals surface area contributed by atoms with E-state index in [1.54, 1.807) is 42.2 Å². The number of nitrogens with one attached hydrogen (secondary N) is 2. The highest BCUT2D eigenvalue weighted by Gasteiger charge is 2.24. The molecule has 0 aliphatic rings. The predicted octanol–water partition coefficient (Wildman–Crippen LogP) is 4.01. The second kappa shape index (κ2) is 10.8. The summed E-state index contributed by atoms with van der Waals surface area (Å²) in [5, 5.41) is 3.54. The van der Waals surface area contributed by atoms with Crippen molar-refractivity contribution in [3.05, 3.63) is 71.4 Å². The van der Waals surface area contributed by atoms with Crippen molar-refractivity contribution in [2.45, 2.75) is 25.8 Å². The maximum atomic E-state index is 12.7. The summed E-state index contributed by atoms with van der Waals surface area (Å²) in [6.45, 7) is 1.68. The van der Waals surface area contributed by atoms with Gasteiger partial charge < -0.3 is 15.0 Å². The molecule has 1 atom stereocenters. The molecule has 0 saturated heterocycles. The van der Waals surface area contributed by atoms with Crippen molar-refractivity contribution in [2.24, 2.45) is 0 Å². The molecule has 0 fully saturated rings. The fourth-order valence-electron chi connectivity index (χ4n) is 3.37. The summed E-state index contributed by atoms with van der Waals surface area (Å²) in [5.41, 5.74) is 3.00. The molecule has 6 nitrogen and oxygen atoms in total. The molecule has 1 aromatic heterocycles. The van der Waals surface area contributed by atoms with Crippen molar-refractivity contribution < 1.29 is 19.1 Å². The summed E-state index contributed by atoms with van der Waals surface area (Å²) in [4.78, 5) is 41.0. The van der Waals surface area contributed by atoms with Crippen LogP contribution in [0.25, 0.3) is 10.9 Å². The standard InChI is InChI=1S/C24H26N2O4S/c1-3-16-10-7-11-18-19(14-25-22(16)18)21(27)15-30-24(29)20(12-13-31-2)26-23(28)17-8-5-4-6-9-17/h4-11,14,20,25H,3,12-13,15H2,1-2H3,(H,26,28). The van der Waals surface area contributed by atoms with E-state index in [9.17, 15) is 14.4 Å². The van der Waals surface area contributed by atoms with Crippen LogP contribution in [0.2, 0.25) is 0 Å². The largest absolute Gasteiger partial charge is 0.456 e. The van der Waals surface area contributed by atoms with Gasteiger partial charge in [-0.1, -0.05) is 43.3 Å². The van der Waals surface area contributed by atoms with Gasteiger partial charge in [-0.25, -0.2) is 4.79 Å². The second-order valence-corrected chi connectivity index (χ2v) is 8.09. The summed E-state index contributed by atoms with van der Waals surface area (Å²) in [6.07, 6.45) is 4.84. The number of rotatable bonds is 10. The van der Waals surface area contributed by atoms with Crippen LogP contribution in [-0.2, 0) is 16.0 Å². The molecule has 0 aliphatic heterocycles. The topological polar surface area (TPSA) is 88.3 Å². The quantitative estimate of drug-likeness (QED) is 0.369. The first-order valence-electron chi connectivity index (χ1n) is 10.2. The molecule has 1 heterocycles. The van der Waals surface area contributed by atoms with Gasteiger partial charge in [-0.3, -0.25) is 9.59 Å². The van der Waals surface area contributed by atoms with Gasteiger partial charge in [0.05, 0.1) is 0 Å². The highest BCUT2D eigenvalue weighted by Crippen LogP contribution is 2.22. The molecule has 2 aromatic carbocycles. The Bertz CT molecular complexity index is 1060. The van der Waals surface area contributed by atoms with Gasteiger partial charge in [0.25, 0.3) is 5.91 Å². The Hall–Kier alpha value is -3.06. The SMILES string of the molecule is CCc1cccc2c(C(=O)COC(=O)C(CCSC)NC(=O)c3ccccc3)c[nH]c12. The molecule has 31 heavy (non-hydrogen) atoms. The number of benzene rings is 2. The summed E-state index contributed by atoms with van der Waals surface area (Å²) in [7, 11) is 0. The van der Waals surface area contributed by atoms with E-state index < -0.39 is 12.0 Å². The first-order valence-corrected chi connectivity index (χ1v) is 11.6. The van der Waals surface area contributed by atoms with Crippen molar-refractivity contribution in [1.29, 1.82) is 0 Å². The molecule has 1 unspecified atom stereocenters. The normalized spacial score (nSPS) is 11.8. The lowest BCUT2D eigenvalue weighted by Crippen LogP contribution is -2.42. The number of aryl methyl sites for hydroxylation is 1. The van der Waals surface area contributed by atoms with Crippen LogP contribution in [0.3, 0.4) is 0 Å². The van der Waals surface area contributed by atoms with Crippen LogP contribution in [0.5, 0.6) is 0 Å². The molecular formula is C24H26N2O4S. The van der Waals surface area contributed by atoms with Crippen LogP contribution in [0.4, 0.5) is 0 Å². The summed E-state index contributed by atoms with van der Waals surface area (Å²) < 4.78 is 5.30. The third kappa shape index (κ3) is 5.55. The van der Waals surface area contributed by atoms with Crippen molar-refractivity contribution >= 4 is 40.3 Å². The van der Waals surface area contributed by atoms with Gasteiger partial charge in [-0.05, 0) is 42.5 Å². The predicted molar refractivity (Wildman–Crippen MR) is 124 cm³/mol. The molecule has 0 aliphatic carbocycles. The smallest absolute Gasteiger partial charge is 0.329 e. The van der Waals surface area contributed by atoms with E-state index in [4.69, 9.17) is 4.74 Å². The lowest BCUT2D eigenvalue weighted by Gasteiger charge is -2.17. The molecule has 1 amide bonds. The zero-order valence-corrected chi connectivity index (χ0v) is 18.5. The fraction of sp³-hybridized carbons (Fsp3) is 0.292. The van der Waals surface area contributed by atoms with Crippen LogP contribution in [0.15, 0.2) is 54.7 Å². The van der Waals surface area contributed by atoms with Gasteiger partial charge in [0, 0.05) is 28.2 Å². The zero-order valence-electron chi connectivity index (χ0n) is 17.6. The number of fused-ring (bicyclic) bond motifs is 1. The summed E-state index contributed by atoms with van der Waals surface area (Å²) in [5.74, 6) is -0.573. The molecular weight excluding hydrogens is 412 g/mol. The van der Waals surface area contributed by atoms with E-state index in [1.165, 1.54) is 0 Å². The minimum Gasteiger partial charge on any atom is -0.456 e. The van der Waals surface area contributed by atoms with Crippen molar-refractivity contribution in [1.82, 2.24) is 10.3 Å². The number of ketones is 1. The van der Waals surface area contributed by atoms with Gasteiger partial charge >= 0.3 is 5.97 Å². The highest BCUT2D eigenvalue weighted by molar-refractivity contribution is 7.98. The van der Waals surface area contributed by atoms with E-state index >= 15 is 0 Å². The van der Waals surface area contributed by atoms with Gasteiger partial charge in [0.2, 0.25) is 5.78 Å². The highest BCUT2D eigenvalue weighted by atomic mass is 32.2. The Balaban J connectivity index is 1.66. The van der Waals surface area contributed by atoms with Gasteiger partial charge in [-0.15, -0.1) is 0 Å². The lowest BCUT2D eigenvalue weighted by molar-refractivity contribution is -0.144. The van der Waals surface area contributed by atoms with Crippen LogP contribution in [0.1, 0.15) is 39.6 Å². The molecule has 0 spiro atoms. The number of esters is 1. The number of carbonyl (C=O) groups is 3. The van der Waals surface area contributed by atoms with E-state index in [-0.39, 0.29) is 18.3 Å². The minimum atomic E-state index is -0.817. The molecule has 0 saturated carbocycles. The summed E-state index contributed by atoms with van der Waals surface area (Å²) in [6, 6.07) is 13.7. The number of thioether (sulfide) groups is 1. The Kier molecular flexibility index (Phi) is 7.89. The van der Waals surface area contributed by atoms with Gasteiger partial charge in [0.1, 0.15) is 6.04 Å². The average Bonchev–Trinajstić information content (AvgIpc) is 3.24. The van der Waals surface area contributed by atoms with E-state index in [2.05, 4.69) is 17.2 Å². The number of carbonyl (C=O) groups excluding carboxylic acids is 3. The summed E-state index contributed by atoms with van der Waals surface area (Å²) >= 11 is 1.57. The third-order valence-corrected chi connectivity index (χ3v) is 5.71. The number of amides is 1. The fourth-order valence-corrected chi connectivity index (χ4v) is 3.84. The molecule has 3 aromatic rings. The molecule has 3 rings (SSSR count). The number of hydrogen-bond donors (Lipinski definition) is 2. The van der Waals surface area contributed by atoms with Crippen molar-refractivity contribution in [2.75, 3.05) is 18.6 Å². The monoisotopic (exact) mass is 438 g/mol. The molecule has 2 N–H and O–H groups in total. The first-order chi connectivity index (χ1) is 15.0. The Labute approximate surface area is 185 Å². The number of aromatic amines is 1. The molecule has 0 bridgehead atoms. The number of aromatic nitrogens is 1. The van der Waals surface area contributed by atoms with Crippen LogP contribution in [0, 0.1) is 0 Å². The zero-order chi connectivity index (χ0) is 22.2. The molecule has 7 heteroatoms. The van der Waals surface area contributed by atoms with Gasteiger partial charge in [0.15, 0.2) is 6.61 Å². The number of H-pyrrole nitrogens is 1. The van der Waals surface area contributed by atoms with Crippen molar-refractivity contribution in [3.8, 4) is 0 Å². The number of ether oxygens (including phenoxy) is 1. The van der Waals surface area contributed by atoms with Crippen LogP contribution in [-0.4, -0.2) is 47.3 Å². The third-order valence-electron chi connectivity index (χ3n) is 5.07. The first kappa shape index (κ1) is 22.6. The van der Waals surface area contributed by atoms with E-state index in [0.717, 1.165) is 22.9 Å². The molecule has 0 radical (unpaired) electrons. The lowest BCUT2D eigenvalue weighted by atomic mass is 10.1. The van der Waals surface area contributed by atoms with E-state index in [0.29, 0.717) is 23.3 Å². The Morgan fingerprint density at radius 1 is 1.10 bits per heavy atom. The average molecular weight is 439 g/mol. The van der Waals surface area contributed by atoms with Crippen LogP contribution >= 0.6 is 11.8 Å². The number of hydrogen-bond acceptors (Lipinski definition) is 5.